The Morgan fingerprint density at radius 2 is 1.86 bits per heavy atom. The number of benzene rings is 1. The summed E-state index contributed by atoms with van der Waals surface area (Å²) >= 11 is 3.33. The van der Waals surface area contributed by atoms with Crippen molar-refractivity contribution in [2.24, 2.45) is 4.99 Å². The monoisotopic (exact) mass is 371 g/mol. The maximum absolute atomic E-state index is 12.0. The molecule has 0 saturated heterocycles. The highest BCUT2D eigenvalue weighted by molar-refractivity contribution is 9.10. The summed E-state index contributed by atoms with van der Waals surface area (Å²) < 4.78 is 16.0. The van der Waals surface area contributed by atoms with Gasteiger partial charge in [0.2, 0.25) is 0 Å². The van der Waals surface area contributed by atoms with Gasteiger partial charge in [-0.15, -0.1) is 0 Å². The minimum atomic E-state index is -0.552. The molecule has 0 bridgehead atoms. The predicted molar refractivity (Wildman–Crippen MR) is 85.4 cm³/mol. The average Bonchev–Trinajstić information content (AvgIpc) is 2.48. The van der Waals surface area contributed by atoms with Gasteiger partial charge in [-0.3, -0.25) is 4.99 Å². The van der Waals surface area contributed by atoms with Crippen molar-refractivity contribution in [1.29, 1.82) is 0 Å². The largest absolute Gasteiger partial charge is 0.481 e. The number of carbonyl (C=O) groups excluding carboxylic acids is 2. The topological polar surface area (TPSA) is 74.2 Å². The van der Waals surface area contributed by atoms with E-state index in [0.717, 1.165) is 4.47 Å². The Balaban J connectivity index is 3.04. The van der Waals surface area contributed by atoms with Crippen LogP contribution in [-0.4, -0.2) is 44.5 Å². The van der Waals surface area contributed by atoms with Gasteiger partial charge in [0.25, 0.3) is 0 Å². The van der Waals surface area contributed by atoms with Gasteiger partial charge in [-0.1, -0.05) is 15.9 Å². The lowest BCUT2D eigenvalue weighted by molar-refractivity contribution is -0.145. The van der Waals surface area contributed by atoms with Gasteiger partial charge in [-0.05, 0) is 32.0 Å². The minimum Gasteiger partial charge on any atom is -0.481 e. The standard InChI is InChI=1S/C15H18BrNO5/c1-4-20-13(18)9-22-12-7-6-10(16)8-11(12)14(17-3)15(19)21-5-2/h6-8H,4-5,9H2,1-3H3. The lowest BCUT2D eigenvalue weighted by Gasteiger charge is -2.12. The zero-order chi connectivity index (χ0) is 16.5. The van der Waals surface area contributed by atoms with Crippen molar-refractivity contribution in [3.8, 4) is 5.75 Å². The average molecular weight is 372 g/mol. The molecule has 0 aliphatic rings. The van der Waals surface area contributed by atoms with Gasteiger partial charge in [0.05, 0.1) is 18.8 Å². The third-order valence-electron chi connectivity index (χ3n) is 2.54. The van der Waals surface area contributed by atoms with Gasteiger partial charge in [0.1, 0.15) is 5.75 Å². The van der Waals surface area contributed by atoms with Crippen molar-refractivity contribution in [1.82, 2.24) is 0 Å². The summed E-state index contributed by atoms with van der Waals surface area (Å²) in [6.07, 6.45) is 0. The van der Waals surface area contributed by atoms with Crippen LogP contribution in [0.3, 0.4) is 0 Å². The highest BCUT2D eigenvalue weighted by Gasteiger charge is 2.20. The summed E-state index contributed by atoms with van der Waals surface area (Å²) in [5.74, 6) is -0.684. The molecule has 1 aromatic carbocycles. The van der Waals surface area contributed by atoms with Gasteiger partial charge in [-0.25, -0.2) is 9.59 Å². The van der Waals surface area contributed by atoms with Crippen LogP contribution in [0.15, 0.2) is 27.7 Å². The van der Waals surface area contributed by atoms with Crippen LogP contribution in [0.4, 0.5) is 0 Å². The van der Waals surface area contributed by atoms with E-state index in [1.807, 2.05) is 0 Å². The number of hydrogen-bond donors (Lipinski definition) is 0. The number of nitrogens with zero attached hydrogens (tertiary/aromatic N) is 1. The SMILES string of the molecule is CCOC(=O)COc1ccc(Br)cc1C(=NC)C(=O)OCC. The van der Waals surface area contributed by atoms with E-state index in [1.54, 1.807) is 32.0 Å². The number of halogens is 1. The van der Waals surface area contributed by atoms with E-state index in [-0.39, 0.29) is 25.5 Å². The zero-order valence-electron chi connectivity index (χ0n) is 12.7. The van der Waals surface area contributed by atoms with Gasteiger partial charge in [0.15, 0.2) is 12.3 Å². The first-order chi connectivity index (χ1) is 10.5. The lowest BCUT2D eigenvalue weighted by Crippen LogP contribution is -2.21. The molecule has 120 valence electrons. The molecule has 22 heavy (non-hydrogen) atoms. The first kappa shape index (κ1) is 18.2. The van der Waals surface area contributed by atoms with Crippen molar-refractivity contribution in [3.63, 3.8) is 0 Å². The molecule has 0 unspecified atom stereocenters. The molecule has 0 aliphatic carbocycles. The number of esters is 2. The second kappa shape index (κ2) is 9.19. The van der Waals surface area contributed by atoms with Crippen LogP contribution >= 0.6 is 15.9 Å². The van der Waals surface area contributed by atoms with E-state index in [9.17, 15) is 9.59 Å². The first-order valence-electron chi connectivity index (χ1n) is 6.75. The highest BCUT2D eigenvalue weighted by atomic mass is 79.9. The van der Waals surface area contributed by atoms with Crippen molar-refractivity contribution in [2.45, 2.75) is 13.8 Å². The molecule has 0 amide bonds. The zero-order valence-corrected chi connectivity index (χ0v) is 14.3. The van der Waals surface area contributed by atoms with E-state index in [4.69, 9.17) is 14.2 Å². The van der Waals surface area contributed by atoms with Gasteiger partial charge in [0, 0.05) is 11.5 Å². The molecule has 0 spiro atoms. The molecule has 0 heterocycles. The van der Waals surface area contributed by atoms with Gasteiger partial charge in [-0.2, -0.15) is 0 Å². The fraction of sp³-hybridized carbons (Fsp3) is 0.400. The summed E-state index contributed by atoms with van der Waals surface area (Å²) in [6.45, 7) is 3.70. The number of aliphatic imine (C=N–C) groups is 1. The molecular weight excluding hydrogens is 354 g/mol. The Morgan fingerprint density at radius 3 is 2.45 bits per heavy atom. The van der Waals surface area contributed by atoms with Crippen LogP contribution in [0.1, 0.15) is 19.4 Å². The summed E-state index contributed by atoms with van der Waals surface area (Å²) in [5.41, 5.74) is 0.571. The molecule has 0 N–H and O–H groups in total. The maximum Gasteiger partial charge on any atom is 0.357 e. The van der Waals surface area contributed by atoms with Crippen LogP contribution in [0, 0.1) is 0 Å². The fourth-order valence-corrected chi connectivity index (χ4v) is 2.03. The van der Waals surface area contributed by atoms with Crippen molar-refractivity contribution in [2.75, 3.05) is 26.9 Å². The first-order valence-corrected chi connectivity index (χ1v) is 7.55. The Morgan fingerprint density at radius 1 is 1.18 bits per heavy atom. The molecule has 0 atom stereocenters. The summed E-state index contributed by atoms with van der Waals surface area (Å²) in [7, 11) is 1.49. The van der Waals surface area contributed by atoms with E-state index in [1.165, 1.54) is 7.05 Å². The Hall–Kier alpha value is -1.89. The van der Waals surface area contributed by atoms with E-state index >= 15 is 0 Å². The normalized spacial score (nSPS) is 11.0. The Bertz CT molecular complexity index is 571. The van der Waals surface area contributed by atoms with E-state index in [2.05, 4.69) is 20.9 Å². The van der Waals surface area contributed by atoms with Crippen LogP contribution in [0.5, 0.6) is 5.75 Å². The lowest BCUT2D eigenvalue weighted by atomic mass is 10.1. The summed E-state index contributed by atoms with van der Waals surface area (Å²) in [5, 5.41) is 0. The molecule has 0 fully saturated rings. The van der Waals surface area contributed by atoms with Crippen molar-refractivity contribution < 1.29 is 23.8 Å². The number of hydrogen-bond acceptors (Lipinski definition) is 6. The summed E-state index contributed by atoms with van der Waals surface area (Å²) in [4.78, 5) is 27.3. The van der Waals surface area contributed by atoms with E-state index < -0.39 is 11.9 Å². The number of ether oxygens (including phenoxy) is 3. The smallest absolute Gasteiger partial charge is 0.357 e. The van der Waals surface area contributed by atoms with Gasteiger partial charge < -0.3 is 14.2 Å². The second-order valence-electron chi connectivity index (χ2n) is 4.03. The van der Waals surface area contributed by atoms with Gasteiger partial charge >= 0.3 is 11.9 Å². The fourth-order valence-electron chi connectivity index (χ4n) is 1.67. The molecule has 0 aromatic heterocycles. The van der Waals surface area contributed by atoms with E-state index in [0.29, 0.717) is 11.3 Å². The van der Waals surface area contributed by atoms with Crippen LogP contribution in [0.2, 0.25) is 0 Å². The van der Waals surface area contributed by atoms with Crippen molar-refractivity contribution in [3.05, 3.63) is 28.2 Å². The second-order valence-corrected chi connectivity index (χ2v) is 4.94. The van der Waals surface area contributed by atoms with Crippen LogP contribution < -0.4 is 4.74 Å². The highest BCUT2D eigenvalue weighted by Crippen LogP contribution is 2.24. The number of carbonyl (C=O) groups is 2. The molecule has 1 rings (SSSR count). The quantitative estimate of drug-likeness (QED) is 0.543. The summed E-state index contributed by atoms with van der Waals surface area (Å²) in [6, 6.07) is 5.06. The Labute approximate surface area is 137 Å². The molecule has 1 aromatic rings. The molecule has 0 aliphatic heterocycles. The third-order valence-corrected chi connectivity index (χ3v) is 3.03. The molecular formula is C15H18BrNO5. The predicted octanol–water partition coefficient (Wildman–Crippen LogP) is 2.37. The van der Waals surface area contributed by atoms with Crippen LogP contribution in [-0.2, 0) is 19.1 Å². The third kappa shape index (κ3) is 5.14. The maximum atomic E-state index is 12.0. The van der Waals surface area contributed by atoms with Crippen LogP contribution in [0.25, 0.3) is 0 Å². The molecule has 0 radical (unpaired) electrons. The minimum absolute atomic E-state index is 0.127. The Kier molecular flexibility index (Phi) is 7.59. The molecule has 0 saturated carbocycles. The van der Waals surface area contributed by atoms with Crippen molar-refractivity contribution >= 4 is 33.6 Å². The molecule has 6 nitrogen and oxygen atoms in total. The number of rotatable bonds is 7. The molecule has 7 heteroatoms.